The van der Waals surface area contributed by atoms with Crippen molar-refractivity contribution in [1.82, 2.24) is 25.1 Å². The molecule has 0 aliphatic heterocycles. The predicted molar refractivity (Wildman–Crippen MR) is 84.1 cm³/mol. The molecule has 2 N–H and O–H groups in total. The Bertz CT molecular complexity index is 955. The molecule has 3 aromatic heterocycles. The fourth-order valence-electron chi connectivity index (χ4n) is 2.32. The highest BCUT2D eigenvalue weighted by Crippen LogP contribution is 2.33. The number of aromatic nitrogens is 5. The van der Waals surface area contributed by atoms with Crippen LogP contribution in [0.1, 0.15) is 11.3 Å². The molecule has 0 saturated carbocycles. The summed E-state index contributed by atoms with van der Waals surface area (Å²) in [6, 6.07) is 3.98. The first-order chi connectivity index (χ1) is 10.2. The number of H-pyrrole nitrogens is 1. The minimum atomic E-state index is 0.564. The number of hydrogen-bond donors (Lipinski definition) is 2. The lowest BCUT2D eigenvalue weighted by Gasteiger charge is -1.99. The third-order valence-corrected chi connectivity index (χ3v) is 4.22. The Hall–Kier alpha value is -2.54. The summed E-state index contributed by atoms with van der Waals surface area (Å²) < 4.78 is 1.12. The monoisotopic (exact) mass is 296 g/mol. The summed E-state index contributed by atoms with van der Waals surface area (Å²) in [5, 5.41) is 12.1. The largest absolute Gasteiger partial charge is 0.300 e. The molecule has 4 aromatic rings. The molecule has 0 aliphatic rings. The first-order valence-corrected chi connectivity index (χ1v) is 7.32. The van der Waals surface area contributed by atoms with E-state index in [0.717, 1.165) is 37.5 Å². The highest BCUT2D eigenvalue weighted by Gasteiger charge is 2.12. The van der Waals surface area contributed by atoms with Gasteiger partial charge < -0.3 is 5.32 Å². The molecule has 0 radical (unpaired) electrons. The molecule has 4 rings (SSSR count). The smallest absolute Gasteiger partial charge is 0.229 e. The van der Waals surface area contributed by atoms with Crippen molar-refractivity contribution in [3.63, 3.8) is 0 Å². The summed E-state index contributed by atoms with van der Waals surface area (Å²) in [7, 11) is 0. The molecular weight excluding hydrogens is 284 g/mol. The van der Waals surface area contributed by atoms with Crippen LogP contribution in [-0.4, -0.2) is 25.1 Å². The van der Waals surface area contributed by atoms with Gasteiger partial charge in [-0.1, -0.05) is 11.3 Å². The lowest BCUT2D eigenvalue weighted by molar-refractivity contribution is 1.10. The summed E-state index contributed by atoms with van der Waals surface area (Å²) in [5.74, 6) is 0.564. The van der Waals surface area contributed by atoms with Gasteiger partial charge in [-0.05, 0) is 31.5 Å². The second-order valence-corrected chi connectivity index (χ2v) is 5.90. The van der Waals surface area contributed by atoms with Crippen LogP contribution in [0.3, 0.4) is 0 Å². The van der Waals surface area contributed by atoms with Crippen LogP contribution < -0.4 is 5.32 Å². The van der Waals surface area contributed by atoms with Crippen LogP contribution in [0.15, 0.2) is 24.5 Å². The lowest BCUT2D eigenvalue weighted by Crippen LogP contribution is -1.96. The first-order valence-electron chi connectivity index (χ1n) is 6.50. The average molecular weight is 296 g/mol. The fraction of sp³-hybridized carbons (Fsp3) is 0.143. The standard InChI is InChI=1S/C14H12N6S/c1-7-5-10-12(9-6-16-20-11(7)9)18-14(21-10)19-13-15-4-3-8(2)17-13/h3-6H,1-2H3,(H,16,20)(H,15,17,18,19). The van der Waals surface area contributed by atoms with Gasteiger partial charge in [-0.15, -0.1) is 0 Å². The van der Waals surface area contributed by atoms with Crippen molar-refractivity contribution in [2.75, 3.05) is 5.32 Å². The third-order valence-electron chi connectivity index (χ3n) is 3.30. The topological polar surface area (TPSA) is 79.4 Å². The van der Waals surface area contributed by atoms with Crippen molar-refractivity contribution in [3.05, 3.63) is 35.8 Å². The molecule has 21 heavy (non-hydrogen) atoms. The second kappa shape index (κ2) is 4.49. The molecule has 0 bridgehead atoms. The van der Waals surface area contributed by atoms with E-state index in [4.69, 9.17) is 0 Å². The Morgan fingerprint density at radius 1 is 1.24 bits per heavy atom. The molecule has 104 valence electrons. The Labute approximate surface area is 124 Å². The number of hydrogen-bond acceptors (Lipinski definition) is 6. The molecule has 1 aromatic carbocycles. The van der Waals surface area contributed by atoms with Gasteiger partial charge in [-0.25, -0.2) is 15.0 Å². The van der Waals surface area contributed by atoms with Crippen molar-refractivity contribution in [2.24, 2.45) is 0 Å². The van der Waals surface area contributed by atoms with Crippen molar-refractivity contribution in [1.29, 1.82) is 0 Å². The van der Waals surface area contributed by atoms with E-state index in [1.807, 2.05) is 19.2 Å². The van der Waals surface area contributed by atoms with Crippen molar-refractivity contribution in [2.45, 2.75) is 13.8 Å². The normalized spacial score (nSPS) is 11.3. The van der Waals surface area contributed by atoms with E-state index in [1.54, 1.807) is 17.5 Å². The minimum Gasteiger partial charge on any atom is -0.300 e. The van der Waals surface area contributed by atoms with Crippen molar-refractivity contribution >= 4 is 43.5 Å². The maximum Gasteiger partial charge on any atom is 0.229 e. The number of anilines is 2. The Balaban J connectivity index is 1.83. The highest BCUT2D eigenvalue weighted by atomic mass is 32.1. The molecule has 3 heterocycles. The molecule has 0 saturated heterocycles. The number of nitrogens with one attached hydrogen (secondary N) is 2. The predicted octanol–water partition coefficient (Wildman–Crippen LogP) is 3.32. The molecule has 7 heteroatoms. The second-order valence-electron chi connectivity index (χ2n) is 4.86. The number of benzene rings is 1. The number of nitrogens with zero attached hydrogens (tertiary/aromatic N) is 4. The van der Waals surface area contributed by atoms with Gasteiger partial charge in [-0.2, -0.15) is 5.10 Å². The molecule has 0 fully saturated rings. The van der Waals surface area contributed by atoms with Gasteiger partial charge in [0.15, 0.2) is 5.13 Å². The maximum absolute atomic E-state index is 4.65. The van der Waals surface area contributed by atoms with Crippen LogP contribution in [0, 0.1) is 13.8 Å². The summed E-state index contributed by atoms with van der Waals surface area (Å²) in [4.78, 5) is 13.2. The first kappa shape index (κ1) is 12.2. The SMILES string of the molecule is Cc1ccnc(Nc2nc3c(cc(C)c4[nH]ncc43)s2)n1. The lowest BCUT2D eigenvalue weighted by atomic mass is 10.1. The summed E-state index contributed by atoms with van der Waals surface area (Å²) in [6.45, 7) is 4.00. The van der Waals surface area contributed by atoms with Gasteiger partial charge in [0.05, 0.1) is 21.9 Å². The minimum absolute atomic E-state index is 0.564. The Kier molecular flexibility index (Phi) is 2.61. The third kappa shape index (κ3) is 2.02. The fourth-order valence-corrected chi connectivity index (χ4v) is 3.29. The summed E-state index contributed by atoms with van der Waals surface area (Å²) >= 11 is 1.59. The molecule has 0 amide bonds. The van der Waals surface area contributed by atoms with Crippen LogP contribution in [0.2, 0.25) is 0 Å². The highest BCUT2D eigenvalue weighted by molar-refractivity contribution is 7.22. The number of aryl methyl sites for hydroxylation is 2. The number of fused-ring (bicyclic) bond motifs is 3. The van der Waals surface area contributed by atoms with Crippen LogP contribution in [0.25, 0.3) is 21.1 Å². The zero-order valence-corrected chi connectivity index (χ0v) is 12.3. The van der Waals surface area contributed by atoms with E-state index in [1.165, 1.54) is 0 Å². The summed E-state index contributed by atoms with van der Waals surface area (Å²) in [5.41, 5.74) is 4.06. The van der Waals surface area contributed by atoms with Gasteiger partial charge in [0.1, 0.15) is 0 Å². The van der Waals surface area contributed by atoms with Crippen LogP contribution in [0.4, 0.5) is 11.1 Å². The van der Waals surface area contributed by atoms with E-state index in [-0.39, 0.29) is 0 Å². The van der Waals surface area contributed by atoms with Gasteiger partial charge >= 0.3 is 0 Å². The molecular formula is C14H12N6S. The molecule has 0 spiro atoms. The van der Waals surface area contributed by atoms with Crippen LogP contribution >= 0.6 is 11.3 Å². The van der Waals surface area contributed by atoms with E-state index in [0.29, 0.717) is 5.95 Å². The van der Waals surface area contributed by atoms with E-state index in [9.17, 15) is 0 Å². The van der Waals surface area contributed by atoms with E-state index in [2.05, 4.69) is 43.5 Å². The van der Waals surface area contributed by atoms with Gasteiger partial charge in [0, 0.05) is 17.3 Å². The van der Waals surface area contributed by atoms with E-state index >= 15 is 0 Å². The maximum atomic E-state index is 4.65. The number of rotatable bonds is 2. The molecule has 0 aliphatic carbocycles. The average Bonchev–Trinajstić information content (AvgIpc) is 3.05. The quantitative estimate of drug-likeness (QED) is 0.593. The van der Waals surface area contributed by atoms with Gasteiger partial charge in [0.25, 0.3) is 0 Å². The molecule has 0 unspecified atom stereocenters. The number of aromatic amines is 1. The Morgan fingerprint density at radius 2 is 2.14 bits per heavy atom. The van der Waals surface area contributed by atoms with Crippen molar-refractivity contribution in [3.8, 4) is 0 Å². The zero-order chi connectivity index (χ0) is 14.4. The Morgan fingerprint density at radius 3 is 3.00 bits per heavy atom. The van der Waals surface area contributed by atoms with Gasteiger partial charge in [-0.3, -0.25) is 5.10 Å². The zero-order valence-electron chi connectivity index (χ0n) is 11.5. The van der Waals surface area contributed by atoms with E-state index < -0.39 is 0 Å². The number of thiazole rings is 1. The molecule has 6 nitrogen and oxygen atoms in total. The van der Waals surface area contributed by atoms with Crippen LogP contribution in [0.5, 0.6) is 0 Å². The summed E-state index contributed by atoms with van der Waals surface area (Å²) in [6.07, 6.45) is 3.55. The molecule has 0 atom stereocenters. The van der Waals surface area contributed by atoms with Crippen LogP contribution in [-0.2, 0) is 0 Å². The van der Waals surface area contributed by atoms with Crippen molar-refractivity contribution < 1.29 is 0 Å². The van der Waals surface area contributed by atoms with Gasteiger partial charge in [0.2, 0.25) is 5.95 Å².